The molecule has 2 atom stereocenters. The maximum absolute atomic E-state index is 15.0. The Morgan fingerprint density at radius 1 is 1.09 bits per heavy atom. The van der Waals surface area contributed by atoms with E-state index in [0.717, 1.165) is 71.1 Å². The van der Waals surface area contributed by atoms with Crippen LogP contribution in [0.25, 0.3) is 11.1 Å². The molecule has 0 saturated heterocycles. The lowest BCUT2D eigenvalue weighted by atomic mass is 9.93. The van der Waals surface area contributed by atoms with Crippen LogP contribution < -0.4 is 20.5 Å². The number of carbonyl (C=O) groups excluding carboxylic acids is 2. The van der Waals surface area contributed by atoms with E-state index in [9.17, 15) is 18.4 Å². The maximum Gasteiger partial charge on any atom is 0.387 e. The Hall–Kier alpha value is -4.59. The van der Waals surface area contributed by atoms with Gasteiger partial charge in [0.15, 0.2) is 11.6 Å². The fourth-order valence-electron chi connectivity index (χ4n) is 7.35. The summed E-state index contributed by atoms with van der Waals surface area (Å²) in [5.74, 6) is -1.58. The van der Waals surface area contributed by atoms with Crippen molar-refractivity contribution >= 4 is 29.2 Å². The number of alkyl halides is 2. The fourth-order valence-corrected chi connectivity index (χ4v) is 7.57. The lowest BCUT2D eigenvalue weighted by molar-refractivity contribution is -0.147. The minimum atomic E-state index is -3.18. The van der Waals surface area contributed by atoms with Crippen LogP contribution in [0.5, 0.6) is 11.5 Å². The van der Waals surface area contributed by atoms with Gasteiger partial charge in [-0.15, -0.1) is 0 Å². The van der Waals surface area contributed by atoms with Crippen LogP contribution in [0.15, 0.2) is 42.5 Å². The van der Waals surface area contributed by atoms with Crippen molar-refractivity contribution in [2.45, 2.75) is 77.8 Å². The van der Waals surface area contributed by atoms with Crippen molar-refractivity contribution < 1.29 is 37.0 Å². The molecule has 1 aromatic heterocycles. The molecule has 14 heteroatoms. The summed E-state index contributed by atoms with van der Waals surface area (Å²) in [6, 6.07) is 12.7. The second kappa shape index (κ2) is 15.0. The van der Waals surface area contributed by atoms with Gasteiger partial charge in [0.2, 0.25) is 0 Å². The summed E-state index contributed by atoms with van der Waals surface area (Å²) in [5.41, 5.74) is 12.4. The third-order valence-corrected chi connectivity index (χ3v) is 10.9. The summed E-state index contributed by atoms with van der Waals surface area (Å²) < 4.78 is 59.3. The molecule has 7 rings (SSSR count). The molecule has 2 aliphatic carbocycles. The van der Waals surface area contributed by atoms with Gasteiger partial charge in [0, 0.05) is 62.2 Å². The molecule has 53 heavy (non-hydrogen) atoms. The first-order valence-electron chi connectivity index (χ1n) is 17.8. The molecule has 3 aliphatic rings. The summed E-state index contributed by atoms with van der Waals surface area (Å²) >= 11 is 6.28. The molecule has 1 amide bonds. The molecule has 0 radical (unpaired) electrons. The Balaban J connectivity index is 1.08. The number of imidazole rings is 1. The van der Waals surface area contributed by atoms with Crippen LogP contribution in [0.3, 0.4) is 0 Å². The average molecular weight is 752 g/mol. The van der Waals surface area contributed by atoms with E-state index in [0.29, 0.717) is 37.5 Å². The summed E-state index contributed by atoms with van der Waals surface area (Å²) in [6.45, 7) is 2.07. The number of amides is 1. The standard InChI is InChI=1S/C39H41ClF3N5O5/c1-20(19-51-38(50)22-10-11-22)48-15-14-30-29(18-48)45-36(47(30)3)37(49)46-28-9-5-6-23(21(28)2)24-7-4-8-26-25(24)12-13-31(26)52-33-16-32(53-39(42)43)27(17-44)35(41)34(33)40/h4-9,16,20,22,31,39H,10-15,17-19,44H2,1-3H3,(H,46,49). The number of benzene rings is 3. The normalized spacial score (nSPS) is 17.3. The van der Waals surface area contributed by atoms with E-state index in [1.54, 1.807) is 0 Å². The van der Waals surface area contributed by atoms with E-state index in [2.05, 4.69) is 15.0 Å². The van der Waals surface area contributed by atoms with Crippen molar-refractivity contribution in [3.05, 3.63) is 92.8 Å². The molecule has 10 nitrogen and oxygen atoms in total. The second-order valence-electron chi connectivity index (χ2n) is 13.9. The van der Waals surface area contributed by atoms with Crippen LogP contribution in [0.4, 0.5) is 18.9 Å². The molecule has 280 valence electrons. The number of halogens is 4. The number of nitrogens with zero attached hydrogens (tertiary/aromatic N) is 3. The Bertz CT molecular complexity index is 2070. The predicted molar refractivity (Wildman–Crippen MR) is 193 cm³/mol. The Morgan fingerprint density at radius 3 is 2.58 bits per heavy atom. The number of fused-ring (bicyclic) bond motifs is 2. The van der Waals surface area contributed by atoms with Gasteiger partial charge in [0.1, 0.15) is 29.2 Å². The number of rotatable bonds is 12. The van der Waals surface area contributed by atoms with Gasteiger partial charge in [-0.2, -0.15) is 8.78 Å². The molecule has 4 aromatic rings. The van der Waals surface area contributed by atoms with E-state index < -0.39 is 24.3 Å². The van der Waals surface area contributed by atoms with Crippen LogP contribution in [-0.4, -0.2) is 52.1 Å². The van der Waals surface area contributed by atoms with Crippen LogP contribution >= 0.6 is 11.6 Å². The van der Waals surface area contributed by atoms with Gasteiger partial charge < -0.3 is 29.8 Å². The van der Waals surface area contributed by atoms with Crippen LogP contribution in [0.1, 0.15) is 76.6 Å². The zero-order valence-electron chi connectivity index (χ0n) is 29.7. The number of carbonyl (C=O) groups is 2. The highest BCUT2D eigenvalue weighted by Gasteiger charge is 2.33. The third-order valence-electron chi connectivity index (χ3n) is 10.5. The Morgan fingerprint density at radius 2 is 1.85 bits per heavy atom. The number of nitrogens with one attached hydrogen (secondary N) is 1. The molecule has 2 unspecified atom stereocenters. The van der Waals surface area contributed by atoms with Gasteiger partial charge in [-0.05, 0) is 73.4 Å². The Labute approximate surface area is 310 Å². The number of hydrogen-bond acceptors (Lipinski definition) is 8. The fraction of sp³-hybridized carbons (Fsp3) is 0.410. The van der Waals surface area contributed by atoms with Crippen LogP contribution in [0.2, 0.25) is 5.02 Å². The quantitative estimate of drug-likeness (QED) is 0.145. The van der Waals surface area contributed by atoms with E-state index in [1.807, 2.05) is 61.9 Å². The predicted octanol–water partition coefficient (Wildman–Crippen LogP) is 7.27. The number of ether oxygens (including phenoxy) is 3. The summed E-state index contributed by atoms with van der Waals surface area (Å²) in [6.07, 6.45) is 3.18. The number of anilines is 1. The van der Waals surface area contributed by atoms with Gasteiger partial charge in [-0.1, -0.05) is 41.9 Å². The summed E-state index contributed by atoms with van der Waals surface area (Å²) in [4.78, 5) is 32.7. The summed E-state index contributed by atoms with van der Waals surface area (Å²) in [7, 11) is 1.85. The first-order chi connectivity index (χ1) is 25.4. The van der Waals surface area contributed by atoms with Gasteiger partial charge >= 0.3 is 12.6 Å². The molecule has 1 fully saturated rings. The molecule has 2 heterocycles. The lowest BCUT2D eigenvalue weighted by Crippen LogP contribution is -2.41. The van der Waals surface area contributed by atoms with Crippen LogP contribution in [0, 0.1) is 18.7 Å². The minimum absolute atomic E-state index is 0.0286. The second-order valence-corrected chi connectivity index (χ2v) is 14.3. The van der Waals surface area contributed by atoms with Crippen molar-refractivity contribution in [2.24, 2.45) is 18.7 Å². The minimum Gasteiger partial charge on any atom is -0.484 e. The molecule has 1 aliphatic heterocycles. The molecular formula is C39H41ClF3N5O5. The first kappa shape index (κ1) is 36.8. The number of hydrogen-bond donors (Lipinski definition) is 2. The highest BCUT2D eigenvalue weighted by atomic mass is 35.5. The number of aromatic nitrogens is 2. The van der Waals surface area contributed by atoms with Gasteiger partial charge in [-0.25, -0.2) is 9.37 Å². The van der Waals surface area contributed by atoms with Crippen molar-refractivity contribution in [3.63, 3.8) is 0 Å². The van der Waals surface area contributed by atoms with Crippen LogP contribution in [-0.2, 0) is 42.5 Å². The zero-order valence-corrected chi connectivity index (χ0v) is 30.4. The Kier molecular flexibility index (Phi) is 10.4. The van der Waals surface area contributed by atoms with Crippen molar-refractivity contribution in [1.82, 2.24) is 14.5 Å². The topological polar surface area (TPSA) is 121 Å². The molecular weight excluding hydrogens is 711 g/mol. The SMILES string of the molecule is Cc1c(NC(=O)c2nc3c(n2C)CCN(C(C)COC(=O)C2CC2)C3)cccc1-c1cccc2c1CCC2Oc1cc(OC(F)F)c(CN)c(F)c1Cl. The van der Waals surface area contributed by atoms with E-state index in [4.69, 9.17) is 31.8 Å². The lowest BCUT2D eigenvalue weighted by Gasteiger charge is -2.31. The number of nitrogens with two attached hydrogens (primary N) is 1. The van der Waals surface area contributed by atoms with Crippen molar-refractivity contribution in [1.29, 1.82) is 0 Å². The summed E-state index contributed by atoms with van der Waals surface area (Å²) in [5, 5.41) is 2.72. The highest BCUT2D eigenvalue weighted by molar-refractivity contribution is 6.32. The molecule has 1 saturated carbocycles. The third kappa shape index (κ3) is 7.34. The van der Waals surface area contributed by atoms with E-state index >= 15 is 4.39 Å². The van der Waals surface area contributed by atoms with E-state index in [1.165, 1.54) is 0 Å². The van der Waals surface area contributed by atoms with Gasteiger partial charge in [-0.3, -0.25) is 14.5 Å². The number of esters is 1. The van der Waals surface area contributed by atoms with Crippen molar-refractivity contribution in [2.75, 3.05) is 18.5 Å². The van der Waals surface area contributed by atoms with Gasteiger partial charge in [0.05, 0.1) is 11.6 Å². The average Bonchev–Trinajstić information content (AvgIpc) is 3.84. The highest BCUT2D eigenvalue weighted by Crippen LogP contribution is 2.45. The maximum atomic E-state index is 15.0. The smallest absolute Gasteiger partial charge is 0.387 e. The van der Waals surface area contributed by atoms with Gasteiger partial charge in [0.25, 0.3) is 5.91 Å². The molecule has 0 spiro atoms. The monoisotopic (exact) mass is 751 g/mol. The first-order valence-corrected chi connectivity index (χ1v) is 18.1. The molecule has 0 bridgehead atoms. The zero-order chi connectivity index (χ0) is 37.6. The molecule has 3 aromatic carbocycles. The van der Waals surface area contributed by atoms with E-state index in [-0.39, 0.29) is 46.7 Å². The molecule has 3 N–H and O–H groups in total. The largest absolute Gasteiger partial charge is 0.484 e. The van der Waals surface area contributed by atoms with Crippen molar-refractivity contribution in [3.8, 4) is 22.6 Å².